The van der Waals surface area contributed by atoms with Gasteiger partial charge in [-0.3, -0.25) is 9.59 Å². The van der Waals surface area contributed by atoms with Gasteiger partial charge in [0, 0.05) is 23.3 Å². The van der Waals surface area contributed by atoms with Gasteiger partial charge in [-0.15, -0.1) is 0 Å². The molecule has 0 aliphatic heterocycles. The number of hydrogen-bond acceptors (Lipinski definition) is 6. The number of methoxy groups -OCH3 is 4. The Hall–Kier alpha value is -4.46. The average molecular weight is 460 g/mol. The number of hydrogen-bond donors (Lipinski definition) is 2. The molecule has 0 aliphatic rings. The van der Waals surface area contributed by atoms with E-state index in [9.17, 15) is 9.59 Å². The second-order valence-electron chi connectivity index (χ2n) is 7.43. The largest absolute Gasteiger partial charge is 0.497 e. The molecule has 34 heavy (non-hydrogen) atoms. The summed E-state index contributed by atoms with van der Waals surface area (Å²) in [5, 5.41) is 0. The first-order valence-electron chi connectivity index (χ1n) is 10.4. The number of ketones is 2. The van der Waals surface area contributed by atoms with Crippen LogP contribution in [0.5, 0.6) is 23.0 Å². The Bertz CT molecular complexity index is 1200. The fourth-order valence-corrected chi connectivity index (χ4v) is 3.56. The predicted octanol–water partition coefficient (Wildman–Crippen LogP) is 4.51. The highest BCUT2D eigenvalue weighted by Gasteiger charge is 2.17. The van der Waals surface area contributed by atoms with Crippen molar-refractivity contribution in [2.75, 3.05) is 28.4 Å². The van der Waals surface area contributed by atoms with Crippen LogP contribution in [0.15, 0.2) is 60.7 Å². The van der Waals surface area contributed by atoms with Gasteiger partial charge in [-0.2, -0.15) is 0 Å². The zero-order valence-corrected chi connectivity index (χ0v) is 19.2. The van der Waals surface area contributed by atoms with Crippen LogP contribution in [0, 0.1) is 0 Å². The van der Waals surface area contributed by atoms with Crippen LogP contribution in [0.2, 0.25) is 0 Å². The molecular weight excluding hydrogens is 436 g/mol. The van der Waals surface area contributed by atoms with E-state index >= 15 is 0 Å². The molecular formula is C26H24N2O6. The van der Waals surface area contributed by atoms with Crippen molar-refractivity contribution in [2.45, 2.75) is 0 Å². The fraction of sp³-hybridized carbons (Fsp3) is 0.154. The Kier molecular flexibility index (Phi) is 6.40. The van der Waals surface area contributed by atoms with Gasteiger partial charge in [0.2, 0.25) is 11.6 Å². The summed E-state index contributed by atoms with van der Waals surface area (Å²) in [6, 6.07) is 17.0. The van der Waals surface area contributed by atoms with E-state index in [4.69, 9.17) is 18.9 Å². The lowest BCUT2D eigenvalue weighted by atomic mass is 10.1. The minimum absolute atomic E-state index is 0.213. The summed E-state index contributed by atoms with van der Waals surface area (Å²) in [5.74, 6) is 1.67. The molecule has 4 rings (SSSR count). The molecule has 0 fully saturated rings. The molecule has 0 amide bonds. The first-order valence-corrected chi connectivity index (χ1v) is 10.4. The molecule has 0 unspecified atom stereocenters. The van der Waals surface area contributed by atoms with Crippen LogP contribution in [0.4, 0.5) is 0 Å². The van der Waals surface area contributed by atoms with Gasteiger partial charge in [0.05, 0.1) is 51.2 Å². The van der Waals surface area contributed by atoms with Gasteiger partial charge in [0.15, 0.2) is 0 Å². The van der Waals surface area contributed by atoms with Crippen LogP contribution in [0.1, 0.15) is 32.1 Å². The molecule has 0 atom stereocenters. The van der Waals surface area contributed by atoms with Crippen molar-refractivity contribution in [1.82, 2.24) is 9.97 Å². The van der Waals surface area contributed by atoms with Crippen molar-refractivity contribution < 1.29 is 28.5 Å². The third-order valence-electron chi connectivity index (χ3n) is 5.38. The van der Waals surface area contributed by atoms with E-state index in [1.165, 1.54) is 28.4 Å². The summed E-state index contributed by atoms with van der Waals surface area (Å²) in [6.07, 6.45) is 0. The number of benzene rings is 2. The lowest BCUT2D eigenvalue weighted by Gasteiger charge is -2.07. The Morgan fingerprint density at radius 2 is 0.853 bits per heavy atom. The highest BCUT2D eigenvalue weighted by Crippen LogP contribution is 2.27. The van der Waals surface area contributed by atoms with E-state index in [1.807, 2.05) is 0 Å². The van der Waals surface area contributed by atoms with Gasteiger partial charge >= 0.3 is 0 Å². The van der Waals surface area contributed by atoms with Crippen LogP contribution < -0.4 is 18.9 Å². The van der Waals surface area contributed by atoms with E-state index < -0.39 is 0 Å². The summed E-state index contributed by atoms with van der Waals surface area (Å²) >= 11 is 0. The maximum atomic E-state index is 13.0. The minimum Gasteiger partial charge on any atom is -0.497 e. The van der Waals surface area contributed by atoms with Crippen LogP contribution in [-0.4, -0.2) is 50.0 Å². The maximum absolute atomic E-state index is 13.0. The molecule has 0 saturated heterocycles. The summed E-state index contributed by atoms with van der Waals surface area (Å²) in [5.41, 5.74) is 2.98. The summed E-state index contributed by atoms with van der Waals surface area (Å²) in [7, 11) is 6.12. The Morgan fingerprint density at radius 3 is 1.15 bits per heavy atom. The SMILES string of the molecule is COc1cc(OC)cc(C(=O)c2ccc(-c3ccc(C(=O)c4cc(OC)cc(OC)c4)[nH]3)[nH]2)c1. The monoisotopic (exact) mass is 460 g/mol. The number of carbonyl (C=O) groups excluding carboxylic acids is 2. The molecule has 8 nitrogen and oxygen atoms in total. The highest BCUT2D eigenvalue weighted by molar-refractivity contribution is 6.09. The standard InChI is InChI=1S/C26H24N2O6/c1-31-17-9-15(10-18(13-17)32-2)25(29)23-7-5-21(27-23)22-6-8-24(28-22)26(30)16-11-19(33-3)14-20(12-16)34-4/h5-14,27-28H,1-4H3. The van der Waals surface area contributed by atoms with Crippen LogP contribution in [0.25, 0.3) is 11.4 Å². The number of aromatic amines is 2. The normalized spacial score (nSPS) is 10.6. The van der Waals surface area contributed by atoms with Crippen LogP contribution in [0.3, 0.4) is 0 Å². The third kappa shape index (κ3) is 4.52. The Labute approximate surface area is 196 Å². The third-order valence-corrected chi connectivity index (χ3v) is 5.38. The molecule has 2 N–H and O–H groups in total. The smallest absolute Gasteiger partial charge is 0.209 e. The second-order valence-corrected chi connectivity index (χ2v) is 7.43. The van der Waals surface area contributed by atoms with Crippen molar-refractivity contribution in [3.05, 3.63) is 83.2 Å². The zero-order chi connectivity index (χ0) is 24.2. The Morgan fingerprint density at radius 1 is 0.529 bits per heavy atom. The molecule has 0 bridgehead atoms. The number of aromatic nitrogens is 2. The minimum atomic E-state index is -0.213. The van der Waals surface area contributed by atoms with Crippen LogP contribution >= 0.6 is 0 Å². The molecule has 2 aromatic carbocycles. The van der Waals surface area contributed by atoms with E-state index in [2.05, 4.69) is 9.97 Å². The number of carbonyl (C=O) groups is 2. The van der Waals surface area contributed by atoms with Gasteiger partial charge in [0.1, 0.15) is 23.0 Å². The first-order chi connectivity index (χ1) is 16.4. The van der Waals surface area contributed by atoms with Gasteiger partial charge in [-0.05, 0) is 48.5 Å². The number of rotatable bonds is 9. The van der Waals surface area contributed by atoms with Crippen molar-refractivity contribution in [1.29, 1.82) is 0 Å². The molecule has 2 heterocycles. The van der Waals surface area contributed by atoms with Crippen LogP contribution in [-0.2, 0) is 0 Å². The molecule has 0 radical (unpaired) electrons. The summed E-state index contributed by atoms with van der Waals surface area (Å²) in [6.45, 7) is 0. The molecule has 8 heteroatoms. The summed E-state index contributed by atoms with van der Waals surface area (Å²) in [4.78, 5) is 32.3. The first kappa shape index (κ1) is 22.7. The average Bonchev–Trinajstić information content (AvgIpc) is 3.57. The molecule has 0 aliphatic carbocycles. The number of ether oxygens (including phenoxy) is 4. The lowest BCUT2D eigenvalue weighted by molar-refractivity contribution is 0.102. The predicted molar refractivity (Wildman–Crippen MR) is 127 cm³/mol. The van der Waals surface area contributed by atoms with Gasteiger partial charge in [0.25, 0.3) is 0 Å². The number of nitrogens with one attached hydrogen (secondary N) is 2. The van der Waals surface area contributed by atoms with E-state index in [-0.39, 0.29) is 11.6 Å². The second kappa shape index (κ2) is 9.58. The van der Waals surface area contributed by atoms with E-state index in [0.29, 0.717) is 56.9 Å². The van der Waals surface area contributed by atoms with Crippen molar-refractivity contribution in [3.63, 3.8) is 0 Å². The van der Waals surface area contributed by atoms with Crippen molar-refractivity contribution in [3.8, 4) is 34.4 Å². The van der Waals surface area contributed by atoms with Gasteiger partial charge < -0.3 is 28.9 Å². The zero-order valence-electron chi connectivity index (χ0n) is 19.2. The van der Waals surface area contributed by atoms with Gasteiger partial charge in [-0.1, -0.05) is 0 Å². The molecule has 0 saturated carbocycles. The Balaban J connectivity index is 1.59. The molecule has 2 aromatic heterocycles. The van der Waals surface area contributed by atoms with Crippen molar-refractivity contribution in [2.24, 2.45) is 0 Å². The number of H-pyrrole nitrogens is 2. The molecule has 174 valence electrons. The van der Waals surface area contributed by atoms with Crippen molar-refractivity contribution >= 4 is 11.6 Å². The fourth-order valence-electron chi connectivity index (χ4n) is 3.56. The lowest BCUT2D eigenvalue weighted by Crippen LogP contribution is -2.03. The summed E-state index contributed by atoms with van der Waals surface area (Å²) < 4.78 is 21.0. The van der Waals surface area contributed by atoms with E-state index in [0.717, 1.165) is 0 Å². The molecule has 4 aromatic rings. The quantitative estimate of drug-likeness (QED) is 0.357. The maximum Gasteiger partial charge on any atom is 0.209 e. The topological polar surface area (TPSA) is 103 Å². The van der Waals surface area contributed by atoms with Gasteiger partial charge in [-0.25, -0.2) is 0 Å². The molecule has 0 spiro atoms. The van der Waals surface area contributed by atoms with E-state index in [1.54, 1.807) is 60.7 Å². The highest BCUT2D eigenvalue weighted by atomic mass is 16.5.